The van der Waals surface area contributed by atoms with Crippen molar-refractivity contribution in [2.75, 3.05) is 26.2 Å². The molecule has 23 heavy (non-hydrogen) atoms. The van der Waals surface area contributed by atoms with E-state index in [2.05, 4.69) is 26.2 Å². The van der Waals surface area contributed by atoms with E-state index in [0.717, 1.165) is 30.3 Å². The fraction of sp³-hybridized carbons (Fsp3) is 0.438. The normalized spacial score (nSPS) is 25.6. The van der Waals surface area contributed by atoms with E-state index in [1.165, 1.54) is 0 Å². The third kappa shape index (κ3) is 2.59. The second-order valence-corrected chi connectivity index (χ2v) is 9.07. The molecule has 0 aliphatic carbocycles. The molecular formula is C16H18BrN3O2S. The van der Waals surface area contributed by atoms with E-state index >= 15 is 0 Å². The van der Waals surface area contributed by atoms with Crippen LogP contribution < -0.4 is 5.32 Å². The van der Waals surface area contributed by atoms with E-state index in [9.17, 15) is 8.42 Å². The van der Waals surface area contributed by atoms with E-state index in [-0.39, 0.29) is 0 Å². The third-order valence-corrected chi connectivity index (χ3v) is 7.43. The molecule has 3 heterocycles. The molecule has 7 heteroatoms. The summed E-state index contributed by atoms with van der Waals surface area (Å²) in [5.41, 5.74) is 0. The fourth-order valence-electron chi connectivity index (χ4n) is 3.74. The van der Waals surface area contributed by atoms with Crippen LogP contribution >= 0.6 is 15.9 Å². The lowest BCUT2D eigenvalue weighted by atomic mass is 9.90. The van der Waals surface area contributed by atoms with E-state index in [0.29, 0.717) is 34.3 Å². The maximum Gasteiger partial charge on any atom is 0.243 e. The molecule has 5 nitrogen and oxygen atoms in total. The standard InChI is InChI=1S/C16H18BrN3O2S/c17-14-8-19-6-11-2-1-3-15(16(11)14)23(21,22)20-9-12-4-5-18-7-13(12)10-20/h1-3,6,8,12-13,18H,4-5,7,9-10H2. The van der Waals surface area contributed by atoms with Gasteiger partial charge in [0, 0.05) is 40.7 Å². The maximum atomic E-state index is 13.2. The summed E-state index contributed by atoms with van der Waals surface area (Å²) in [7, 11) is -3.50. The molecule has 1 N–H and O–H groups in total. The first-order valence-electron chi connectivity index (χ1n) is 7.80. The number of nitrogens with zero attached hydrogens (tertiary/aromatic N) is 2. The molecule has 2 aromatic rings. The van der Waals surface area contributed by atoms with Gasteiger partial charge < -0.3 is 5.32 Å². The largest absolute Gasteiger partial charge is 0.316 e. The number of aromatic nitrogens is 1. The average Bonchev–Trinajstić information content (AvgIpc) is 2.99. The monoisotopic (exact) mass is 395 g/mol. The summed E-state index contributed by atoms with van der Waals surface area (Å²) >= 11 is 3.45. The first-order chi connectivity index (χ1) is 11.1. The number of rotatable bonds is 2. The number of hydrogen-bond acceptors (Lipinski definition) is 4. The van der Waals surface area contributed by atoms with Gasteiger partial charge in [0.1, 0.15) is 0 Å². The minimum Gasteiger partial charge on any atom is -0.316 e. The van der Waals surface area contributed by atoms with Gasteiger partial charge in [-0.1, -0.05) is 12.1 Å². The predicted octanol–water partition coefficient (Wildman–Crippen LogP) is 2.23. The Bertz CT molecular complexity index is 836. The molecule has 2 atom stereocenters. The number of sulfonamides is 1. The summed E-state index contributed by atoms with van der Waals surface area (Å²) in [4.78, 5) is 4.50. The summed E-state index contributed by atoms with van der Waals surface area (Å²) < 4.78 is 28.8. The topological polar surface area (TPSA) is 62.3 Å². The van der Waals surface area contributed by atoms with Crippen LogP contribution in [0.1, 0.15) is 6.42 Å². The second-order valence-electron chi connectivity index (χ2n) is 6.31. The zero-order valence-corrected chi connectivity index (χ0v) is 15.0. The molecule has 1 aromatic carbocycles. The lowest BCUT2D eigenvalue weighted by molar-refractivity contribution is 0.318. The van der Waals surface area contributed by atoms with Gasteiger partial charge in [-0.05, 0) is 53.3 Å². The van der Waals surface area contributed by atoms with E-state index in [1.54, 1.807) is 28.8 Å². The first kappa shape index (κ1) is 15.5. The predicted molar refractivity (Wildman–Crippen MR) is 92.7 cm³/mol. The molecular weight excluding hydrogens is 378 g/mol. The molecule has 0 spiro atoms. The average molecular weight is 396 g/mol. The summed E-state index contributed by atoms with van der Waals surface area (Å²) in [5.74, 6) is 0.907. The molecule has 0 radical (unpaired) electrons. The molecule has 4 rings (SSSR count). The molecule has 0 bridgehead atoms. The Morgan fingerprint density at radius 2 is 2.04 bits per heavy atom. The Kier molecular flexibility index (Phi) is 3.91. The number of benzene rings is 1. The minimum atomic E-state index is -3.50. The second kappa shape index (κ2) is 5.81. The number of fused-ring (bicyclic) bond motifs is 2. The van der Waals surface area contributed by atoms with Gasteiger partial charge in [0.25, 0.3) is 0 Å². The molecule has 1 aromatic heterocycles. The molecule has 122 valence electrons. The lowest BCUT2D eigenvalue weighted by Gasteiger charge is -2.24. The highest BCUT2D eigenvalue weighted by Crippen LogP contribution is 2.35. The van der Waals surface area contributed by atoms with E-state index in [4.69, 9.17) is 0 Å². The van der Waals surface area contributed by atoms with Gasteiger partial charge in [0.05, 0.1) is 4.90 Å². The van der Waals surface area contributed by atoms with E-state index in [1.807, 2.05) is 6.07 Å². The van der Waals surface area contributed by atoms with Crippen molar-refractivity contribution >= 4 is 36.7 Å². The van der Waals surface area contributed by atoms with Crippen molar-refractivity contribution in [3.05, 3.63) is 35.1 Å². The SMILES string of the molecule is O=S(=O)(c1cccc2cncc(Br)c12)N1CC2CCNCC2C1. The van der Waals surface area contributed by atoms with Crippen molar-refractivity contribution in [1.82, 2.24) is 14.6 Å². The van der Waals surface area contributed by atoms with Gasteiger partial charge >= 0.3 is 0 Å². The van der Waals surface area contributed by atoms with Crippen LogP contribution in [-0.4, -0.2) is 43.9 Å². The minimum absolute atomic E-state index is 0.371. The summed E-state index contributed by atoms with van der Waals surface area (Å²) in [6, 6.07) is 5.37. The Morgan fingerprint density at radius 1 is 1.22 bits per heavy atom. The Morgan fingerprint density at radius 3 is 2.87 bits per heavy atom. The molecule has 2 fully saturated rings. The zero-order chi connectivity index (χ0) is 16.0. The highest BCUT2D eigenvalue weighted by atomic mass is 79.9. The lowest BCUT2D eigenvalue weighted by Crippen LogP contribution is -2.35. The van der Waals surface area contributed by atoms with Gasteiger partial charge in [0.15, 0.2) is 0 Å². The van der Waals surface area contributed by atoms with Crippen LogP contribution in [0.15, 0.2) is 40.0 Å². The number of hydrogen-bond donors (Lipinski definition) is 1. The Labute approximate surface area is 144 Å². The van der Waals surface area contributed by atoms with E-state index < -0.39 is 10.0 Å². The molecule has 2 aliphatic rings. The number of nitrogens with one attached hydrogen (secondary N) is 1. The first-order valence-corrected chi connectivity index (χ1v) is 10.0. The van der Waals surface area contributed by atoms with Crippen LogP contribution in [0.3, 0.4) is 0 Å². The number of halogens is 1. The molecule has 2 saturated heterocycles. The van der Waals surface area contributed by atoms with Crippen LogP contribution in [0.2, 0.25) is 0 Å². The van der Waals surface area contributed by atoms with Gasteiger partial charge in [0.2, 0.25) is 10.0 Å². The number of piperidine rings is 1. The molecule has 2 aliphatic heterocycles. The Hall–Kier alpha value is -1.02. The quantitative estimate of drug-likeness (QED) is 0.846. The summed E-state index contributed by atoms with van der Waals surface area (Å²) in [6.07, 6.45) is 4.40. The van der Waals surface area contributed by atoms with Crippen molar-refractivity contribution in [3.63, 3.8) is 0 Å². The van der Waals surface area contributed by atoms with Crippen molar-refractivity contribution < 1.29 is 8.42 Å². The van der Waals surface area contributed by atoms with Crippen molar-refractivity contribution in [1.29, 1.82) is 0 Å². The smallest absolute Gasteiger partial charge is 0.243 e. The summed E-state index contributed by atoms with van der Waals surface area (Å²) in [6.45, 7) is 3.15. The van der Waals surface area contributed by atoms with Gasteiger partial charge in [-0.3, -0.25) is 4.98 Å². The van der Waals surface area contributed by atoms with Crippen LogP contribution in [0.4, 0.5) is 0 Å². The van der Waals surface area contributed by atoms with Crippen molar-refractivity contribution in [3.8, 4) is 0 Å². The zero-order valence-electron chi connectivity index (χ0n) is 12.6. The molecule has 0 amide bonds. The van der Waals surface area contributed by atoms with Gasteiger partial charge in [-0.15, -0.1) is 0 Å². The van der Waals surface area contributed by atoms with Crippen LogP contribution in [0, 0.1) is 11.8 Å². The third-order valence-electron chi connectivity index (χ3n) is 4.96. The van der Waals surface area contributed by atoms with Crippen LogP contribution in [-0.2, 0) is 10.0 Å². The highest BCUT2D eigenvalue weighted by molar-refractivity contribution is 9.10. The maximum absolute atomic E-state index is 13.2. The summed E-state index contributed by atoms with van der Waals surface area (Å²) in [5, 5.41) is 4.92. The van der Waals surface area contributed by atoms with Gasteiger partial charge in [-0.2, -0.15) is 4.31 Å². The highest BCUT2D eigenvalue weighted by Gasteiger charge is 2.40. The molecule has 2 unspecified atom stereocenters. The fourth-order valence-corrected chi connectivity index (χ4v) is 6.22. The Balaban J connectivity index is 1.78. The van der Waals surface area contributed by atoms with Crippen LogP contribution in [0.5, 0.6) is 0 Å². The van der Waals surface area contributed by atoms with Crippen LogP contribution in [0.25, 0.3) is 10.8 Å². The van der Waals surface area contributed by atoms with Gasteiger partial charge in [-0.25, -0.2) is 8.42 Å². The number of pyridine rings is 1. The molecule has 0 saturated carbocycles. The van der Waals surface area contributed by atoms with Crippen molar-refractivity contribution in [2.24, 2.45) is 11.8 Å². The van der Waals surface area contributed by atoms with Crippen molar-refractivity contribution in [2.45, 2.75) is 11.3 Å².